The van der Waals surface area contributed by atoms with Gasteiger partial charge in [0.15, 0.2) is 11.5 Å². The summed E-state index contributed by atoms with van der Waals surface area (Å²) >= 11 is 0. The number of hydrogen-bond acceptors (Lipinski definition) is 9. The Morgan fingerprint density at radius 2 is 1.79 bits per heavy atom. The van der Waals surface area contributed by atoms with E-state index in [-0.39, 0.29) is 0 Å². The Morgan fingerprint density at radius 3 is 2.53 bits per heavy atom. The Hall–Kier alpha value is -4.28. The van der Waals surface area contributed by atoms with Crippen LogP contribution >= 0.6 is 0 Å². The van der Waals surface area contributed by atoms with Gasteiger partial charge in [0, 0.05) is 19.4 Å². The van der Waals surface area contributed by atoms with Gasteiger partial charge in [-0.15, -0.1) is 0 Å². The lowest BCUT2D eigenvalue weighted by atomic mass is 10.2. The molecule has 1 amide bonds. The monoisotopic (exact) mass is 461 g/mol. The molecule has 0 bridgehead atoms. The summed E-state index contributed by atoms with van der Waals surface area (Å²) < 4.78 is 6.98. The van der Waals surface area contributed by atoms with E-state index in [1.165, 1.54) is 0 Å². The van der Waals surface area contributed by atoms with Crippen LogP contribution in [0.5, 0.6) is 0 Å². The summed E-state index contributed by atoms with van der Waals surface area (Å²) in [5, 5.41) is 14.5. The molecule has 0 saturated carbocycles. The van der Waals surface area contributed by atoms with E-state index in [1.54, 1.807) is 50.1 Å². The molecule has 4 aromatic rings. The molecule has 3 N–H and O–H groups in total. The van der Waals surface area contributed by atoms with Crippen LogP contribution in [0.3, 0.4) is 0 Å². The number of fused-ring (bicyclic) bond motifs is 1. The number of rotatable bonds is 5. The Bertz CT molecular complexity index is 1360. The second-order valence-electron chi connectivity index (χ2n) is 8.77. The predicted molar refractivity (Wildman–Crippen MR) is 131 cm³/mol. The third kappa shape index (κ3) is 5.20. The van der Waals surface area contributed by atoms with Gasteiger partial charge in [0.05, 0.1) is 40.0 Å². The summed E-state index contributed by atoms with van der Waals surface area (Å²) in [6.07, 6.45) is 4.46. The molecule has 0 spiro atoms. The first kappa shape index (κ1) is 22.9. The lowest BCUT2D eigenvalue weighted by Gasteiger charge is -2.19. The summed E-state index contributed by atoms with van der Waals surface area (Å²) in [7, 11) is 1.81. The number of ether oxygens (including phenoxy) is 1. The molecule has 0 fully saturated rings. The minimum absolute atomic E-state index is 0.444. The maximum atomic E-state index is 12.1. The zero-order chi connectivity index (χ0) is 24.5. The average Bonchev–Trinajstić information content (AvgIpc) is 3.05. The summed E-state index contributed by atoms with van der Waals surface area (Å²) in [6, 6.07) is 5.54. The minimum atomic E-state index is -0.598. The van der Waals surface area contributed by atoms with Crippen molar-refractivity contribution < 1.29 is 9.53 Å². The van der Waals surface area contributed by atoms with Gasteiger partial charge in [-0.25, -0.2) is 14.5 Å². The molecule has 4 heterocycles. The van der Waals surface area contributed by atoms with Crippen LogP contribution < -0.4 is 16.0 Å². The van der Waals surface area contributed by atoms with Gasteiger partial charge in [-0.3, -0.25) is 15.3 Å². The Kier molecular flexibility index (Phi) is 6.01. The van der Waals surface area contributed by atoms with Gasteiger partial charge >= 0.3 is 6.09 Å². The average molecular weight is 462 g/mol. The number of carbonyl (C=O) groups is 1. The number of aromatic nitrogens is 6. The van der Waals surface area contributed by atoms with E-state index in [0.29, 0.717) is 28.8 Å². The maximum absolute atomic E-state index is 12.1. The fourth-order valence-electron chi connectivity index (χ4n) is 3.20. The summed E-state index contributed by atoms with van der Waals surface area (Å²) in [6.45, 7) is 9.19. The van der Waals surface area contributed by atoms with Gasteiger partial charge in [-0.1, -0.05) is 0 Å². The quantitative estimate of drug-likeness (QED) is 0.390. The third-order valence-electron chi connectivity index (χ3n) is 4.82. The molecule has 0 unspecified atom stereocenters. The van der Waals surface area contributed by atoms with Crippen LogP contribution in [0.1, 0.15) is 32.2 Å². The molecule has 0 saturated heterocycles. The topological polar surface area (TPSA) is 132 Å². The van der Waals surface area contributed by atoms with E-state index in [9.17, 15) is 4.79 Å². The Morgan fingerprint density at radius 1 is 1.03 bits per heavy atom. The van der Waals surface area contributed by atoms with Gasteiger partial charge in [-0.2, -0.15) is 10.1 Å². The van der Waals surface area contributed by atoms with Crippen LogP contribution in [0.25, 0.3) is 11.0 Å². The fraction of sp³-hybridized carbons (Fsp3) is 0.304. The molecule has 0 aliphatic carbocycles. The van der Waals surface area contributed by atoms with Crippen molar-refractivity contribution in [1.82, 2.24) is 29.7 Å². The van der Waals surface area contributed by atoms with Crippen molar-refractivity contribution in [3.8, 4) is 0 Å². The first-order valence-electron chi connectivity index (χ1n) is 10.7. The van der Waals surface area contributed by atoms with Crippen molar-refractivity contribution in [2.24, 2.45) is 7.05 Å². The summed E-state index contributed by atoms with van der Waals surface area (Å²) in [5.41, 5.74) is 3.65. The first-order valence-corrected chi connectivity index (χ1v) is 10.7. The van der Waals surface area contributed by atoms with E-state index < -0.39 is 11.7 Å². The van der Waals surface area contributed by atoms with Crippen LogP contribution in [0.15, 0.2) is 36.8 Å². The standard InChI is InChI=1S/C23H27N9O2/c1-13-17(8-7-9-24-13)29-21-26-12-16-19(31-32(6)20(16)30-21)28-18-10-15(11-25-14(18)2)27-22(33)34-23(3,4)5/h7-12H,1-6H3,(H,27,33)(H,28,31)(H,26,29,30). The van der Waals surface area contributed by atoms with Gasteiger partial charge in [0.25, 0.3) is 0 Å². The van der Waals surface area contributed by atoms with E-state index in [4.69, 9.17) is 4.74 Å². The summed E-state index contributed by atoms with van der Waals surface area (Å²) in [5.74, 6) is 1.01. The second-order valence-corrected chi connectivity index (χ2v) is 8.77. The van der Waals surface area contributed by atoms with Crippen molar-refractivity contribution in [2.75, 3.05) is 16.0 Å². The fourth-order valence-corrected chi connectivity index (χ4v) is 3.20. The smallest absolute Gasteiger partial charge is 0.412 e. The lowest BCUT2D eigenvalue weighted by Crippen LogP contribution is -2.27. The van der Waals surface area contributed by atoms with E-state index in [1.807, 2.05) is 33.0 Å². The van der Waals surface area contributed by atoms with E-state index >= 15 is 0 Å². The number of anilines is 5. The molecule has 11 heteroatoms. The molecular formula is C23H27N9O2. The number of amides is 1. The molecule has 0 atom stereocenters. The number of hydrogen-bond donors (Lipinski definition) is 3. The molecular weight excluding hydrogens is 434 g/mol. The van der Waals surface area contributed by atoms with E-state index in [2.05, 4.69) is 41.0 Å². The van der Waals surface area contributed by atoms with Gasteiger partial charge in [-0.05, 0) is 52.8 Å². The van der Waals surface area contributed by atoms with Crippen molar-refractivity contribution in [3.63, 3.8) is 0 Å². The lowest BCUT2D eigenvalue weighted by molar-refractivity contribution is 0.0636. The Balaban J connectivity index is 1.57. The normalized spacial score (nSPS) is 11.4. The number of carbonyl (C=O) groups excluding carboxylic acids is 1. The minimum Gasteiger partial charge on any atom is -0.444 e. The van der Waals surface area contributed by atoms with Crippen molar-refractivity contribution in [3.05, 3.63) is 48.2 Å². The molecule has 176 valence electrons. The van der Waals surface area contributed by atoms with Crippen LogP contribution in [-0.4, -0.2) is 41.4 Å². The number of nitrogens with one attached hydrogen (secondary N) is 3. The zero-order valence-electron chi connectivity index (χ0n) is 20.0. The maximum Gasteiger partial charge on any atom is 0.412 e. The highest BCUT2D eigenvalue weighted by molar-refractivity contribution is 5.91. The van der Waals surface area contributed by atoms with Crippen molar-refractivity contribution in [1.29, 1.82) is 0 Å². The van der Waals surface area contributed by atoms with Crippen LogP contribution in [0.2, 0.25) is 0 Å². The highest BCUT2D eigenvalue weighted by Crippen LogP contribution is 2.28. The van der Waals surface area contributed by atoms with Crippen molar-refractivity contribution >= 4 is 46.0 Å². The van der Waals surface area contributed by atoms with Gasteiger partial charge in [0.2, 0.25) is 5.95 Å². The predicted octanol–water partition coefficient (Wildman–Crippen LogP) is 4.60. The van der Waals surface area contributed by atoms with Crippen molar-refractivity contribution in [2.45, 2.75) is 40.2 Å². The van der Waals surface area contributed by atoms with Gasteiger partial charge < -0.3 is 15.4 Å². The molecule has 4 rings (SSSR count). The van der Waals surface area contributed by atoms with Crippen LogP contribution in [0, 0.1) is 13.8 Å². The first-order chi connectivity index (χ1) is 16.1. The molecule has 34 heavy (non-hydrogen) atoms. The van der Waals surface area contributed by atoms with Gasteiger partial charge in [0.1, 0.15) is 5.60 Å². The SMILES string of the molecule is Cc1ncccc1Nc1ncc2c(Nc3cc(NC(=O)OC(C)(C)C)cnc3C)nn(C)c2n1. The molecule has 0 aromatic carbocycles. The highest BCUT2D eigenvalue weighted by Gasteiger charge is 2.18. The number of nitrogens with zero attached hydrogens (tertiary/aromatic N) is 6. The molecule has 0 aliphatic heterocycles. The summed E-state index contributed by atoms with van der Waals surface area (Å²) in [4.78, 5) is 29.8. The Labute approximate surface area is 197 Å². The van der Waals surface area contributed by atoms with E-state index in [0.717, 1.165) is 22.5 Å². The molecule has 4 aromatic heterocycles. The zero-order valence-corrected chi connectivity index (χ0v) is 20.0. The number of pyridine rings is 2. The molecule has 0 aliphatic rings. The third-order valence-corrected chi connectivity index (χ3v) is 4.82. The largest absolute Gasteiger partial charge is 0.444 e. The molecule has 11 nitrogen and oxygen atoms in total. The molecule has 0 radical (unpaired) electrons. The van der Waals surface area contributed by atoms with Crippen LogP contribution in [0.4, 0.5) is 33.6 Å². The second kappa shape index (κ2) is 8.93. The highest BCUT2D eigenvalue weighted by atomic mass is 16.6. The van der Waals surface area contributed by atoms with Crippen LogP contribution in [-0.2, 0) is 11.8 Å². The number of aryl methyl sites for hydroxylation is 3.